The minimum absolute atomic E-state index is 0. The molecule has 0 aliphatic carbocycles. The summed E-state index contributed by atoms with van der Waals surface area (Å²) in [7, 11) is -0.784. The Kier molecular flexibility index (Phi) is 3.21. The van der Waals surface area contributed by atoms with E-state index in [0.29, 0.717) is 0 Å². The van der Waals surface area contributed by atoms with Crippen molar-refractivity contribution in [3.63, 3.8) is 0 Å². The van der Waals surface area contributed by atoms with Crippen LogP contribution in [0, 0.1) is 0 Å². The molecule has 0 aromatic heterocycles. The zero-order chi connectivity index (χ0) is 4.41. The molecule has 0 fully saturated rings. The molecule has 0 saturated carbocycles. The Morgan fingerprint density at radius 1 is 1.14 bits per heavy atom. The minimum Gasteiger partial charge on any atom is -0.250 e. The highest BCUT2D eigenvalue weighted by molar-refractivity contribution is 8.93. The van der Waals surface area contributed by atoms with Crippen molar-refractivity contribution in [1.82, 2.24) is 0 Å². The maximum Gasteiger partial charge on any atom is 0.0702 e. The predicted octanol–water partition coefficient (Wildman–Crippen LogP) is 1.35. The van der Waals surface area contributed by atoms with Gasteiger partial charge in [-0.25, -0.2) is 0 Å². The van der Waals surface area contributed by atoms with Crippen molar-refractivity contribution in [2.75, 3.05) is 0 Å². The highest BCUT2D eigenvalue weighted by Gasteiger charge is 1.86. The molecular weight excluding hydrogens is 176 g/mol. The second-order valence-corrected chi connectivity index (χ2v) is 2.19. The predicted molar refractivity (Wildman–Crippen MR) is 36.7 cm³/mol. The molecule has 1 rings (SSSR count). The van der Waals surface area contributed by atoms with Crippen molar-refractivity contribution in [3.05, 3.63) is 23.0 Å². The number of halogens is 1. The molecule has 0 aromatic carbocycles. The molecule has 0 saturated heterocycles. The molecule has 0 spiro atoms. The van der Waals surface area contributed by atoms with Gasteiger partial charge in [-0.15, -0.1) is 17.0 Å². The summed E-state index contributed by atoms with van der Waals surface area (Å²) in [5.74, 6) is 0. The molecule has 0 bridgehead atoms. The van der Waals surface area contributed by atoms with Crippen LogP contribution in [-0.2, 0) is 10.8 Å². The lowest BCUT2D eigenvalue weighted by Gasteiger charge is -1.65. The van der Waals surface area contributed by atoms with E-state index in [1.165, 1.54) is 0 Å². The number of rotatable bonds is 0. The van der Waals surface area contributed by atoms with Crippen molar-refractivity contribution >= 4 is 27.8 Å². The van der Waals surface area contributed by atoms with Gasteiger partial charge in [0.2, 0.25) is 0 Å². The molecule has 1 nitrogen and oxygen atoms in total. The Morgan fingerprint density at radius 3 is 1.71 bits per heavy atom. The summed E-state index contributed by atoms with van der Waals surface area (Å²) in [6.45, 7) is 0. The Hall–Kier alpha value is 0.110. The third kappa shape index (κ3) is 2.04. The van der Waals surface area contributed by atoms with E-state index in [1.807, 2.05) is 0 Å². The summed E-state index contributed by atoms with van der Waals surface area (Å²) in [6.07, 6.45) is 3.55. The largest absolute Gasteiger partial charge is 0.250 e. The monoisotopic (exact) mass is 180 g/mol. The van der Waals surface area contributed by atoms with Gasteiger partial charge in [-0.3, -0.25) is 4.21 Å². The van der Waals surface area contributed by atoms with Crippen LogP contribution < -0.4 is 0 Å². The lowest BCUT2D eigenvalue weighted by molar-refractivity contribution is 0.693. The first-order valence-electron chi connectivity index (χ1n) is 1.64. The van der Waals surface area contributed by atoms with E-state index in [9.17, 15) is 4.21 Å². The van der Waals surface area contributed by atoms with Crippen molar-refractivity contribution in [1.29, 1.82) is 0 Å². The van der Waals surface area contributed by atoms with E-state index >= 15 is 0 Å². The van der Waals surface area contributed by atoms with Crippen LogP contribution in [0.5, 0.6) is 0 Å². The van der Waals surface area contributed by atoms with E-state index < -0.39 is 10.8 Å². The Morgan fingerprint density at radius 2 is 1.57 bits per heavy atom. The summed E-state index contributed by atoms with van der Waals surface area (Å²) >= 11 is 0. The van der Waals surface area contributed by atoms with Crippen LogP contribution in [-0.4, -0.2) is 4.21 Å². The van der Waals surface area contributed by atoms with Crippen LogP contribution in [0.1, 0.15) is 0 Å². The molecule has 1 aliphatic rings. The van der Waals surface area contributed by atoms with Crippen molar-refractivity contribution in [2.45, 2.75) is 0 Å². The van der Waals surface area contributed by atoms with Gasteiger partial charge in [-0.2, -0.15) is 0 Å². The van der Waals surface area contributed by atoms with E-state index in [4.69, 9.17) is 0 Å². The summed E-state index contributed by atoms with van der Waals surface area (Å²) in [5.41, 5.74) is 0. The van der Waals surface area contributed by atoms with E-state index in [2.05, 4.69) is 0 Å². The Labute approximate surface area is 55.3 Å². The SMILES string of the molecule is Br.O=S1C=CC=C1. The first-order valence-corrected chi connectivity index (χ1v) is 2.91. The van der Waals surface area contributed by atoms with Crippen LogP contribution >= 0.6 is 17.0 Å². The number of hydrogen-bond acceptors (Lipinski definition) is 1. The number of hydrogen-bond donors (Lipinski definition) is 0. The van der Waals surface area contributed by atoms with Crippen LogP contribution in [0.4, 0.5) is 0 Å². The topological polar surface area (TPSA) is 17.1 Å². The van der Waals surface area contributed by atoms with Gasteiger partial charge in [-0.1, -0.05) is 12.2 Å². The van der Waals surface area contributed by atoms with Gasteiger partial charge in [0.05, 0.1) is 10.8 Å². The summed E-state index contributed by atoms with van der Waals surface area (Å²) in [5, 5.41) is 3.28. The van der Waals surface area contributed by atoms with E-state index in [0.717, 1.165) is 0 Å². The molecule has 0 N–H and O–H groups in total. The van der Waals surface area contributed by atoms with Crippen molar-refractivity contribution < 1.29 is 4.21 Å². The first kappa shape index (κ1) is 7.11. The van der Waals surface area contributed by atoms with Crippen molar-refractivity contribution in [2.24, 2.45) is 0 Å². The summed E-state index contributed by atoms with van der Waals surface area (Å²) < 4.78 is 10.2. The minimum atomic E-state index is -0.784. The molecule has 0 unspecified atom stereocenters. The van der Waals surface area contributed by atoms with Crippen LogP contribution in [0.25, 0.3) is 0 Å². The van der Waals surface area contributed by atoms with Crippen molar-refractivity contribution in [3.8, 4) is 0 Å². The van der Waals surface area contributed by atoms with Crippen LogP contribution in [0.3, 0.4) is 0 Å². The maximum absolute atomic E-state index is 10.2. The molecule has 0 radical (unpaired) electrons. The smallest absolute Gasteiger partial charge is 0.0702 e. The Balaban J connectivity index is 0.000000360. The molecule has 0 amide bonds. The fourth-order valence-corrected chi connectivity index (χ4v) is 0.873. The lowest BCUT2D eigenvalue weighted by Crippen LogP contribution is -1.63. The van der Waals surface area contributed by atoms with Gasteiger partial charge in [-0.05, 0) is 0 Å². The average Bonchev–Trinajstić information content (AvgIpc) is 1.86. The van der Waals surface area contributed by atoms with Crippen LogP contribution in [0.15, 0.2) is 23.0 Å². The molecule has 3 heteroatoms. The molecule has 40 valence electrons. The van der Waals surface area contributed by atoms with E-state index in [1.54, 1.807) is 23.0 Å². The fraction of sp³-hybridized carbons (Fsp3) is 0. The molecule has 1 heterocycles. The average molecular weight is 181 g/mol. The molecule has 0 atom stereocenters. The van der Waals surface area contributed by atoms with Gasteiger partial charge in [0.1, 0.15) is 0 Å². The molecule has 1 aliphatic heterocycles. The first-order chi connectivity index (χ1) is 2.89. The van der Waals surface area contributed by atoms with Gasteiger partial charge >= 0.3 is 0 Å². The second kappa shape index (κ2) is 3.16. The zero-order valence-electron chi connectivity index (χ0n) is 3.53. The summed E-state index contributed by atoms with van der Waals surface area (Å²) in [6, 6.07) is 0. The second-order valence-electron chi connectivity index (χ2n) is 0.986. The lowest BCUT2D eigenvalue weighted by atomic mass is 10.6. The van der Waals surface area contributed by atoms with Gasteiger partial charge in [0, 0.05) is 10.8 Å². The van der Waals surface area contributed by atoms with Gasteiger partial charge in [0.25, 0.3) is 0 Å². The zero-order valence-corrected chi connectivity index (χ0v) is 6.06. The quantitative estimate of drug-likeness (QED) is 0.551. The van der Waals surface area contributed by atoms with Gasteiger partial charge in [0.15, 0.2) is 0 Å². The fourth-order valence-electron chi connectivity index (χ4n) is 0.291. The molecular formula is C4H5BrOS. The van der Waals surface area contributed by atoms with Gasteiger partial charge < -0.3 is 0 Å². The number of allylic oxidation sites excluding steroid dienone is 2. The van der Waals surface area contributed by atoms with Crippen LogP contribution in [0.2, 0.25) is 0 Å². The summed E-state index contributed by atoms with van der Waals surface area (Å²) in [4.78, 5) is 0. The van der Waals surface area contributed by atoms with E-state index in [-0.39, 0.29) is 17.0 Å². The third-order valence-corrected chi connectivity index (χ3v) is 1.39. The third-order valence-electron chi connectivity index (χ3n) is 0.536. The molecule has 7 heavy (non-hydrogen) atoms. The standard InChI is InChI=1S/C4H4OS.BrH/c5-6-3-1-2-4-6;/h1-4H;1H. The normalized spacial score (nSPS) is 17.1. The highest BCUT2D eigenvalue weighted by atomic mass is 79.9. The maximum atomic E-state index is 10.2. The molecule has 0 aromatic rings. The Bertz CT molecular complexity index is 114. The highest BCUT2D eigenvalue weighted by Crippen LogP contribution is 1.95.